The summed E-state index contributed by atoms with van der Waals surface area (Å²) in [5.74, 6) is 6.49. The van der Waals surface area contributed by atoms with Crippen LogP contribution in [0.3, 0.4) is 0 Å². The molecule has 0 aromatic heterocycles. The van der Waals surface area contributed by atoms with E-state index in [9.17, 15) is 9.00 Å². The van der Waals surface area contributed by atoms with Gasteiger partial charge in [-0.05, 0) is 60.7 Å². The number of hydrogen-bond acceptors (Lipinski definition) is 3. The van der Waals surface area contributed by atoms with Gasteiger partial charge in [-0.3, -0.25) is 4.21 Å². The molecule has 0 aliphatic carbocycles. The lowest BCUT2D eigenvalue weighted by Crippen LogP contribution is -2.27. The summed E-state index contributed by atoms with van der Waals surface area (Å²) in [6.45, 7) is 6.40. The standard InChI is InChI=1S/C22H21ClO3S/c1-4-26-21(24)17-9-7-16(14-19(17)23)6-5-15-8-10-20-18(13-15)22(2,3)11-12-27(20)25/h7-10,13-14H,4,11-12H2,1-3H3. The molecule has 0 radical (unpaired) electrons. The van der Waals surface area contributed by atoms with Gasteiger partial charge in [0.25, 0.3) is 0 Å². The molecule has 1 atom stereocenters. The molecular weight excluding hydrogens is 380 g/mol. The summed E-state index contributed by atoms with van der Waals surface area (Å²) in [6, 6.07) is 10.9. The molecule has 0 spiro atoms. The molecule has 0 bridgehead atoms. The lowest BCUT2D eigenvalue weighted by atomic mass is 9.81. The van der Waals surface area contributed by atoms with Gasteiger partial charge in [-0.1, -0.05) is 37.3 Å². The first-order valence-corrected chi connectivity index (χ1v) is 10.5. The fourth-order valence-electron chi connectivity index (χ4n) is 3.04. The summed E-state index contributed by atoms with van der Waals surface area (Å²) in [4.78, 5) is 12.7. The van der Waals surface area contributed by atoms with E-state index < -0.39 is 16.8 Å². The molecule has 2 aromatic carbocycles. The Balaban J connectivity index is 1.90. The number of ether oxygens (including phenoxy) is 1. The minimum absolute atomic E-state index is 0.00840. The van der Waals surface area contributed by atoms with Gasteiger partial charge in [-0.25, -0.2) is 4.79 Å². The fraction of sp³-hybridized carbons (Fsp3) is 0.318. The predicted molar refractivity (Wildman–Crippen MR) is 109 cm³/mol. The molecule has 2 aromatic rings. The summed E-state index contributed by atoms with van der Waals surface area (Å²) in [5.41, 5.74) is 3.02. The van der Waals surface area contributed by atoms with Gasteiger partial charge in [-0.2, -0.15) is 0 Å². The Hall–Kier alpha value is -2.09. The molecule has 0 amide bonds. The van der Waals surface area contributed by atoms with E-state index in [2.05, 4.69) is 25.7 Å². The molecule has 0 fully saturated rings. The maximum absolute atomic E-state index is 12.3. The minimum Gasteiger partial charge on any atom is -0.462 e. The van der Waals surface area contributed by atoms with Crippen LogP contribution >= 0.6 is 11.6 Å². The van der Waals surface area contributed by atoms with E-state index in [4.69, 9.17) is 16.3 Å². The van der Waals surface area contributed by atoms with Crippen LogP contribution in [0.2, 0.25) is 5.02 Å². The van der Waals surface area contributed by atoms with Gasteiger partial charge in [0, 0.05) is 21.8 Å². The van der Waals surface area contributed by atoms with Gasteiger partial charge in [0.2, 0.25) is 0 Å². The number of benzene rings is 2. The third kappa shape index (κ3) is 4.26. The largest absolute Gasteiger partial charge is 0.462 e. The molecule has 1 aliphatic rings. The quantitative estimate of drug-likeness (QED) is 0.541. The highest BCUT2D eigenvalue weighted by molar-refractivity contribution is 7.85. The van der Waals surface area contributed by atoms with E-state index in [1.807, 2.05) is 18.2 Å². The maximum atomic E-state index is 12.3. The Morgan fingerprint density at radius 3 is 2.52 bits per heavy atom. The third-order valence-electron chi connectivity index (χ3n) is 4.68. The topological polar surface area (TPSA) is 43.4 Å². The van der Waals surface area contributed by atoms with Crippen LogP contribution in [0.15, 0.2) is 41.3 Å². The first-order valence-electron chi connectivity index (χ1n) is 8.83. The highest BCUT2D eigenvalue weighted by Crippen LogP contribution is 2.37. The summed E-state index contributed by atoms with van der Waals surface area (Å²) in [6.07, 6.45) is 0.897. The number of halogens is 1. The van der Waals surface area contributed by atoms with Crippen LogP contribution in [-0.2, 0) is 21.0 Å². The molecule has 3 rings (SSSR count). The van der Waals surface area contributed by atoms with Gasteiger partial charge < -0.3 is 4.74 Å². The molecule has 0 N–H and O–H groups in total. The van der Waals surface area contributed by atoms with Crippen molar-refractivity contribution in [3.8, 4) is 11.8 Å². The normalized spacial score (nSPS) is 17.4. The molecule has 140 valence electrons. The lowest BCUT2D eigenvalue weighted by Gasteiger charge is -2.31. The van der Waals surface area contributed by atoms with Crippen molar-refractivity contribution in [2.45, 2.75) is 37.5 Å². The SMILES string of the molecule is CCOC(=O)c1ccc(C#Cc2ccc3c(c2)C(C)(C)CCS3=O)cc1Cl. The monoisotopic (exact) mass is 400 g/mol. The highest BCUT2D eigenvalue weighted by Gasteiger charge is 2.31. The Bertz CT molecular complexity index is 983. The van der Waals surface area contributed by atoms with Gasteiger partial charge in [0.15, 0.2) is 0 Å². The van der Waals surface area contributed by atoms with Crippen molar-refractivity contribution in [1.82, 2.24) is 0 Å². The van der Waals surface area contributed by atoms with Gasteiger partial charge in [0.05, 0.1) is 28.0 Å². The third-order valence-corrected chi connectivity index (χ3v) is 6.42. The zero-order valence-corrected chi connectivity index (χ0v) is 17.2. The summed E-state index contributed by atoms with van der Waals surface area (Å²) >= 11 is 6.19. The molecule has 0 saturated heterocycles. The summed E-state index contributed by atoms with van der Waals surface area (Å²) in [7, 11) is -0.932. The second-order valence-corrected chi connectivity index (χ2v) is 9.01. The van der Waals surface area contributed by atoms with Crippen molar-refractivity contribution in [3.63, 3.8) is 0 Å². The van der Waals surface area contributed by atoms with Crippen molar-refractivity contribution in [3.05, 3.63) is 63.7 Å². The predicted octanol–water partition coefficient (Wildman–Crippen LogP) is 4.71. The second kappa shape index (κ2) is 7.88. The van der Waals surface area contributed by atoms with Crippen LogP contribution in [0, 0.1) is 11.8 Å². The summed E-state index contributed by atoms with van der Waals surface area (Å²) in [5, 5.41) is 0.322. The van der Waals surface area contributed by atoms with Crippen LogP contribution in [0.25, 0.3) is 0 Å². The van der Waals surface area contributed by atoms with E-state index in [1.54, 1.807) is 25.1 Å². The van der Waals surface area contributed by atoms with Gasteiger partial charge >= 0.3 is 5.97 Å². The van der Waals surface area contributed by atoms with Crippen molar-refractivity contribution in [1.29, 1.82) is 0 Å². The van der Waals surface area contributed by atoms with Crippen molar-refractivity contribution in [2.75, 3.05) is 12.4 Å². The Morgan fingerprint density at radius 2 is 1.85 bits per heavy atom. The second-order valence-electron chi connectivity index (χ2n) is 7.06. The van der Waals surface area contributed by atoms with Gasteiger partial charge in [-0.15, -0.1) is 0 Å². The number of carbonyl (C=O) groups excluding carboxylic acids is 1. The zero-order chi connectivity index (χ0) is 19.6. The number of rotatable bonds is 2. The van der Waals surface area contributed by atoms with E-state index in [1.165, 1.54) is 0 Å². The van der Waals surface area contributed by atoms with Crippen molar-refractivity contribution in [2.24, 2.45) is 0 Å². The summed E-state index contributed by atoms with van der Waals surface area (Å²) < 4.78 is 17.2. The molecule has 0 saturated carbocycles. The maximum Gasteiger partial charge on any atom is 0.339 e. The van der Waals surface area contributed by atoms with Crippen LogP contribution in [-0.4, -0.2) is 22.5 Å². The van der Waals surface area contributed by atoms with E-state index in [0.717, 1.165) is 22.4 Å². The molecule has 5 heteroatoms. The first kappa shape index (κ1) is 19.7. The Kier molecular flexibility index (Phi) is 5.74. The lowest BCUT2D eigenvalue weighted by molar-refractivity contribution is 0.0526. The van der Waals surface area contributed by atoms with Crippen molar-refractivity contribution >= 4 is 28.4 Å². The molecule has 1 heterocycles. The van der Waals surface area contributed by atoms with Crippen LogP contribution < -0.4 is 0 Å². The molecule has 1 unspecified atom stereocenters. The Morgan fingerprint density at radius 1 is 1.19 bits per heavy atom. The number of hydrogen-bond donors (Lipinski definition) is 0. The van der Waals surface area contributed by atoms with Crippen LogP contribution in [0.5, 0.6) is 0 Å². The molecular formula is C22H21ClO3S. The Labute approximate surface area is 167 Å². The number of carbonyl (C=O) groups is 1. The average molecular weight is 401 g/mol. The van der Waals surface area contributed by atoms with Crippen LogP contribution in [0.4, 0.5) is 0 Å². The molecule has 1 aliphatic heterocycles. The number of esters is 1. The van der Waals surface area contributed by atoms with E-state index in [0.29, 0.717) is 28.5 Å². The van der Waals surface area contributed by atoms with Gasteiger partial charge in [0.1, 0.15) is 0 Å². The van der Waals surface area contributed by atoms with Crippen molar-refractivity contribution < 1.29 is 13.7 Å². The molecule has 27 heavy (non-hydrogen) atoms. The minimum atomic E-state index is -0.932. The highest BCUT2D eigenvalue weighted by atomic mass is 35.5. The number of fused-ring (bicyclic) bond motifs is 1. The fourth-order valence-corrected chi connectivity index (χ4v) is 5.01. The zero-order valence-electron chi connectivity index (χ0n) is 15.6. The van der Waals surface area contributed by atoms with Crippen LogP contribution in [0.1, 0.15) is 54.2 Å². The first-order chi connectivity index (χ1) is 12.8. The molecule has 3 nitrogen and oxygen atoms in total. The van der Waals surface area contributed by atoms with E-state index >= 15 is 0 Å². The van der Waals surface area contributed by atoms with E-state index in [-0.39, 0.29) is 5.41 Å². The average Bonchev–Trinajstić information content (AvgIpc) is 2.63. The smallest absolute Gasteiger partial charge is 0.339 e.